The number of ether oxygens (including phenoxy) is 1. The molecule has 81 valence electrons. The first-order chi connectivity index (χ1) is 7.20. The molecule has 0 aliphatic heterocycles. The maximum Gasteiger partial charge on any atom is 0.138 e. The van der Waals surface area contributed by atoms with Gasteiger partial charge in [0, 0.05) is 5.92 Å². The summed E-state index contributed by atoms with van der Waals surface area (Å²) in [5.41, 5.74) is 0.986. The second-order valence-electron chi connectivity index (χ2n) is 3.35. The van der Waals surface area contributed by atoms with Crippen molar-refractivity contribution in [3.8, 4) is 5.75 Å². The average molecular weight is 224 g/mol. The van der Waals surface area contributed by atoms with Crippen LogP contribution in [-0.2, 0) is 0 Å². The second kappa shape index (κ2) is 5.82. The van der Waals surface area contributed by atoms with Crippen molar-refractivity contribution in [1.82, 2.24) is 0 Å². The smallest absolute Gasteiger partial charge is 0.138 e. The molecule has 0 heterocycles. The van der Waals surface area contributed by atoms with E-state index >= 15 is 0 Å². The molecule has 0 spiro atoms. The second-order valence-corrected chi connectivity index (χ2v) is 3.73. The summed E-state index contributed by atoms with van der Waals surface area (Å²) in [4.78, 5) is 0. The lowest BCUT2D eigenvalue weighted by molar-refractivity contribution is 0.317. The number of rotatable bonds is 5. The van der Waals surface area contributed by atoms with Crippen molar-refractivity contribution in [3.05, 3.63) is 47.4 Å². The number of halogens is 1. The molecule has 0 bridgehead atoms. The Bertz CT molecular complexity index is 333. The van der Waals surface area contributed by atoms with E-state index in [0.29, 0.717) is 11.6 Å². The number of allylic oxidation sites excluding steroid dienone is 1. The molecular weight excluding hydrogens is 208 g/mol. The van der Waals surface area contributed by atoms with Crippen molar-refractivity contribution < 1.29 is 4.74 Å². The van der Waals surface area contributed by atoms with Gasteiger partial charge in [-0.15, -0.1) is 6.58 Å². The molecule has 0 aromatic heterocycles. The molecule has 15 heavy (non-hydrogen) atoms. The maximum absolute atomic E-state index is 6.22. The third-order valence-electron chi connectivity index (χ3n) is 2.16. The van der Waals surface area contributed by atoms with E-state index in [2.05, 4.69) is 13.5 Å². The third-order valence-corrected chi connectivity index (χ3v) is 2.55. The van der Waals surface area contributed by atoms with Crippen molar-refractivity contribution in [3.63, 3.8) is 0 Å². The summed E-state index contributed by atoms with van der Waals surface area (Å²) in [6.07, 6.45) is 2.77. The minimum absolute atomic E-state index is 0.670. The number of benzene rings is 1. The Morgan fingerprint density at radius 2 is 2.27 bits per heavy atom. The molecule has 0 saturated heterocycles. The van der Waals surface area contributed by atoms with Gasteiger partial charge in [-0.1, -0.05) is 43.7 Å². The Kier molecular flexibility index (Phi) is 4.70. The maximum atomic E-state index is 6.22. The molecule has 1 rings (SSSR count). The Balaban J connectivity index is 2.94. The van der Waals surface area contributed by atoms with E-state index in [1.54, 1.807) is 6.08 Å². The van der Waals surface area contributed by atoms with E-state index in [1.807, 2.05) is 25.1 Å². The van der Waals surface area contributed by atoms with Gasteiger partial charge in [-0.2, -0.15) is 0 Å². The van der Waals surface area contributed by atoms with Gasteiger partial charge in [-0.3, -0.25) is 0 Å². The first kappa shape index (κ1) is 12.1. The summed E-state index contributed by atoms with van der Waals surface area (Å²) >= 11 is 6.22. The summed E-state index contributed by atoms with van der Waals surface area (Å²) in [5, 5.41) is 0.670. The van der Waals surface area contributed by atoms with Crippen LogP contribution >= 0.6 is 11.6 Å². The van der Waals surface area contributed by atoms with Gasteiger partial charge < -0.3 is 4.74 Å². The van der Waals surface area contributed by atoms with Gasteiger partial charge in [0.25, 0.3) is 0 Å². The Morgan fingerprint density at radius 1 is 1.53 bits per heavy atom. The molecule has 0 atom stereocenters. The predicted octanol–water partition coefficient (Wildman–Crippen LogP) is 4.26. The van der Waals surface area contributed by atoms with E-state index < -0.39 is 0 Å². The topological polar surface area (TPSA) is 9.23 Å². The molecule has 1 aromatic rings. The molecule has 1 nitrogen and oxygen atoms in total. The van der Waals surface area contributed by atoms with Crippen molar-refractivity contribution in [1.29, 1.82) is 0 Å². The minimum Gasteiger partial charge on any atom is -0.492 e. The Morgan fingerprint density at radius 3 is 2.87 bits per heavy atom. The molecule has 0 N–H and O–H groups in total. The van der Waals surface area contributed by atoms with Gasteiger partial charge >= 0.3 is 0 Å². The van der Waals surface area contributed by atoms with Crippen LogP contribution in [0, 0.1) is 5.92 Å². The number of hydrogen-bond donors (Lipinski definition) is 0. The van der Waals surface area contributed by atoms with Gasteiger partial charge in [0.05, 0.1) is 11.6 Å². The van der Waals surface area contributed by atoms with Crippen LogP contribution in [0.15, 0.2) is 30.9 Å². The zero-order valence-corrected chi connectivity index (χ0v) is 9.97. The molecular formula is C13H16ClO. The minimum atomic E-state index is 0.670. The van der Waals surface area contributed by atoms with Crippen molar-refractivity contribution in [2.75, 3.05) is 6.61 Å². The monoisotopic (exact) mass is 223 g/mol. The average Bonchev–Trinajstić information content (AvgIpc) is 2.27. The van der Waals surface area contributed by atoms with E-state index in [4.69, 9.17) is 16.3 Å². The fraction of sp³-hybridized carbons (Fsp3) is 0.308. The lowest BCUT2D eigenvalue weighted by atomic mass is 10.0. The fourth-order valence-electron chi connectivity index (χ4n) is 1.25. The van der Waals surface area contributed by atoms with Crippen molar-refractivity contribution in [2.45, 2.75) is 20.3 Å². The molecule has 0 unspecified atom stereocenters. The highest BCUT2D eigenvalue weighted by molar-refractivity contribution is 6.33. The van der Waals surface area contributed by atoms with Gasteiger partial charge in [0.15, 0.2) is 0 Å². The van der Waals surface area contributed by atoms with Crippen LogP contribution in [0.3, 0.4) is 0 Å². The van der Waals surface area contributed by atoms with Crippen LogP contribution < -0.4 is 4.74 Å². The quantitative estimate of drug-likeness (QED) is 0.725. The first-order valence-corrected chi connectivity index (χ1v) is 5.46. The molecule has 1 aromatic carbocycles. The summed E-state index contributed by atoms with van der Waals surface area (Å²) in [6, 6.07) is 5.80. The zero-order valence-electron chi connectivity index (χ0n) is 9.22. The Labute approximate surface area is 96.7 Å². The molecule has 2 heteroatoms. The van der Waals surface area contributed by atoms with Gasteiger partial charge in [0.1, 0.15) is 5.75 Å². The summed E-state index contributed by atoms with van der Waals surface area (Å²) < 4.78 is 5.54. The van der Waals surface area contributed by atoms with Crippen LogP contribution in [0.1, 0.15) is 25.8 Å². The van der Waals surface area contributed by atoms with Crippen LogP contribution in [0.2, 0.25) is 5.02 Å². The fourth-order valence-corrected chi connectivity index (χ4v) is 1.58. The molecule has 0 amide bonds. The first-order valence-electron chi connectivity index (χ1n) is 5.08. The predicted molar refractivity (Wildman–Crippen MR) is 65.5 cm³/mol. The summed E-state index contributed by atoms with van der Waals surface area (Å²) in [5.74, 6) is 1.80. The lowest BCUT2D eigenvalue weighted by Gasteiger charge is -2.12. The number of hydrogen-bond acceptors (Lipinski definition) is 1. The molecule has 0 fully saturated rings. The van der Waals surface area contributed by atoms with Crippen LogP contribution in [0.5, 0.6) is 5.75 Å². The largest absolute Gasteiger partial charge is 0.492 e. The third kappa shape index (κ3) is 3.00. The normalized spacial score (nSPS) is 10.4. The highest BCUT2D eigenvalue weighted by atomic mass is 35.5. The molecule has 0 aliphatic carbocycles. The molecule has 0 aliphatic rings. The van der Waals surface area contributed by atoms with Crippen LogP contribution in [0.25, 0.3) is 0 Å². The zero-order chi connectivity index (χ0) is 11.3. The summed E-state index contributed by atoms with van der Waals surface area (Å²) in [7, 11) is 0. The van der Waals surface area contributed by atoms with Crippen LogP contribution in [-0.4, -0.2) is 6.61 Å². The Hall–Kier alpha value is -0.950. The van der Waals surface area contributed by atoms with Crippen molar-refractivity contribution in [2.24, 2.45) is 0 Å². The van der Waals surface area contributed by atoms with E-state index in [9.17, 15) is 0 Å². The van der Waals surface area contributed by atoms with Crippen molar-refractivity contribution >= 4 is 11.6 Å². The van der Waals surface area contributed by atoms with Gasteiger partial charge in [-0.25, -0.2) is 0 Å². The molecule has 0 saturated carbocycles. The van der Waals surface area contributed by atoms with E-state index in [0.717, 1.165) is 23.7 Å². The standard InChI is InChI=1S/C13H16ClO/c1-4-9-15-12-8-6-7-11(13(12)14)10(3)5-2/h5-8H,2,4,9H2,1,3H3. The van der Waals surface area contributed by atoms with Gasteiger partial charge in [0.2, 0.25) is 0 Å². The molecule has 1 radical (unpaired) electrons. The van der Waals surface area contributed by atoms with E-state index in [-0.39, 0.29) is 0 Å². The van der Waals surface area contributed by atoms with E-state index in [1.165, 1.54) is 0 Å². The van der Waals surface area contributed by atoms with Crippen LogP contribution in [0.4, 0.5) is 0 Å². The van der Waals surface area contributed by atoms with Gasteiger partial charge in [-0.05, 0) is 18.1 Å². The lowest BCUT2D eigenvalue weighted by Crippen LogP contribution is -1.98. The SMILES string of the molecule is C=C[C](C)c1cccc(OCCC)c1Cl. The highest BCUT2D eigenvalue weighted by Crippen LogP contribution is 2.32. The highest BCUT2D eigenvalue weighted by Gasteiger charge is 2.11. The summed E-state index contributed by atoms with van der Waals surface area (Å²) in [6.45, 7) is 8.48.